The van der Waals surface area contributed by atoms with Crippen LogP contribution in [0.3, 0.4) is 0 Å². The maximum atomic E-state index is 6.11. The van der Waals surface area contributed by atoms with E-state index in [1.165, 1.54) is 51.6 Å². The van der Waals surface area contributed by atoms with Gasteiger partial charge in [-0.1, -0.05) is 12.8 Å². The van der Waals surface area contributed by atoms with E-state index in [1.54, 1.807) is 0 Å². The van der Waals surface area contributed by atoms with Gasteiger partial charge in [-0.2, -0.15) is 0 Å². The van der Waals surface area contributed by atoms with Gasteiger partial charge in [0.1, 0.15) is 0 Å². The van der Waals surface area contributed by atoms with Crippen molar-refractivity contribution in [1.82, 2.24) is 4.90 Å². The predicted octanol–water partition coefficient (Wildman–Crippen LogP) is 1.74. The fraction of sp³-hybridized carbons (Fsp3) is 1.00. The van der Waals surface area contributed by atoms with Crippen LogP contribution in [0.15, 0.2) is 0 Å². The maximum absolute atomic E-state index is 6.11. The number of rotatable bonds is 1. The van der Waals surface area contributed by atoms with Crippen molar-refractivity contribution < 1.29 is 0 Å². The van der Waals surface area contributed by atoms with Gasteiger partial charge in [0.05, 0.1) is 0 Å². The molecule has 1 aliphatic heterocycles. The summed E-state index contributed by atoms with van der Waals surface area (Å²) < 4.78 is 0. The Morgan fingerprint density at radius 1 is 1.15 bits per heavy atom. The highest BCUT2D eigenvalue weighted by Gasteiger charge is 2.30. The van der Waals surface area contributed by atoms with Gasteiger partial charge in [0.15, 0.2) is 0 Å². The maximum Gasteiger partial charge on any atom is 0.0150 e. The van der Waals surface area contributed by atoms with Crippen molar-refractivity contribution in [3.8, 4) is 0 Å². The molecule has 2 heteroatoms. The fourth-order valence-electron chi connectivity index (χ4n) is 2.67. The van der Waals surface area contributed by atoms with Crippen molar-refractivity contribution in [1.29, 1.82) is 0 Å². The van der Waals surface area contributed by atoms with Gasteiger partial charge in [-0.15, -0.1) is 0 Å². The Morgan fingerprint density at radius 2 is 1.69 bits per heavy atom. The van der Waals surface area contributed by atoms with Crippen molar-refractivity contribution in [2.75, 3.05) is 13.1 Å². The molecule has 0 aromatic heterocycles. The zero-order chi connectivity index (χ0) is 9.31. The van der Waals surface area contributed by atoms with Crippen molar-refractivity contribution >= 4 is 0 Å². The van der Waals surface area contributed by atoms with Crippen molar-refractivity contribution in [3.63, 3.8) is 0 Å². The van der Waals surface area contributed by atoms with Crippen LogP contribution in [0.5, 0.6) is 0 Å². The molecule has 13 heavy (non-hydrogen) atoms. The molecule has 2 fully saturated rings. The normalized spacial score (nSPS) is 30.9. The summed E-state index contributed by atoms with van der Waals surface area (Å²) in [7, 11) is 0. The van der Waals surface area contributed by atoms with E-state index in [0.717, 1.165) is 6.04 Å². The summed E-state index contributed by atoms with van der Waals surface area (Å²) in [6, 6.07) is 0.899. The topological polar surface area (TPSA) is 29.3 Å². The van der Waals surface area contributed by atoms with E-state index in [-0.39, 0.29) is 5.54 Å². The molecule has 1 saturated heterocycles. The molecule has 0 radical (unpaired) electrons. The lowest BCUT2D eigenvalue weighted by Gasteiger charge is -2.39. The lowest BCUT2D eigenvalue weighted by molar-refractivity contribution is 0.126. The Bertz CT molecular complexity index is 161. The molecule has 2 aliphatic rings. The van der Waals surface area contributed by atoms with E-state index < -0.39 is 0 Å². The Balaban J connectivity index is 1.83. The molecular weight excluding hydrogens is 160 g/mol. The van der Waals surface area contributed by atoms with E-state index in [2.05, 4.69) is 11.8 Å². The molecule has 1 saturated carbocycles. The minimum absolute atomic E-state index is 0.120. The molecule has 0 bridgehead atoms. The van der Waals surface area contributed by atoms with Gasteiger partial charge in [0.25, 0.3) is 0 Å². The van der Waals surface area contributed by atoms with Crippen LogP contribution in [0.4, 0.5) is 0 Å². The van der Waals surface area contributed by atoms with E-state index in [9.17, 15) is 0 Å². The number of likely N-dealkylation sites (tertiary alicyclic amines) is 1. The molecule has 0 aromatic rings. The summed E-state index contributed by atoms with van der Waals surface area (Å²) in [5, 5.41) is 0. The summed E-state index contributed by atoms with van der Waals surface area (Å²) in [6.45, 7) is 4.66. The van der Waals surface area contributed by atoms with Crippen molar-refractivity contribution in [3.05, 3.63) is 0 Å². The predicted molar refractivity (Wildman–Crippen MR) is 55.7 cm³/mol. The second kappa shape index (κ2) is 3.58. The Hall–Kier alpha value is -0.0800. The molecule has 2 nitrogen and oxygen atoms in total. The SMILES string of the molecule is CC1(N)CCN(C2CCCC2)CC1. The van der Waals surface area contributed by atoms with E-state index in [0.29, 0.717) is 0 Å². The Morgan fingerprint density at radius 3 is 2.23 bits per heavy atom. The molecule has 0 atom stereocenters. The second-order valence-corrected chi connectivity index (χ2v) is 5.13. The summed E-state index contributed by atoms with van der Waals surface area (Å²) in [6.07, 6.45) is 8.12. The monoisotopic (exact) mass is 182 g/mol. The summed E-state index contributed by atoms with van der Waals surface area (Å²) in [4.78, 5) is 2.67. The Kier molecular flexibility index (Phi) is 2.61. The number of hydrogen-bond donors (Lipinski definition) is 1. The number of nitrogens with two attached hydrogens (primary N) is 1. The molecule has 0 amide bonds. The van der Waals surface area contributed by atoms with Crippen LogP contribution in [0, 0.1) is 0 Å². The first-order valence-electron chi connectivity index (χ1n) is 5.70. The van der Waals surface area contributed by atoms with Gasteiger partial charge in [0.2, 0.25) is 0 Å². The van der Waals surface area contributed by atoms with Crippen LogP contribution in [-0.2, 0) is 0 Å². The van der Waals surface area contributed by atoms with Crippen LogP contribution in [0.25, 0.3) is 0 Å². The average Bonchev–Trinajstić information content (AvgIpc) is 2.56. The zero-order valence-corrected chi connectivity index (χ0v) is 8.76. The molecule has 1 heterocycles. The lowest BCUT2D eigenvalue weighted by atomic mass is 9.90. The fourth-order valence-corrected chi connectivity index (χ4v) is 2.67. The number of piperidine rings is 1. The van der Waals surface area contributed by atoms with Crippen LogP contribution in [-0.4, -0.2) is 29.6 Å². The molecular formula is C11H22N2. The average molecular weight is 182 g/mol. The molecule has 1 aliphatic carbocycles. The van der Waals surface area contributed by atoms with Crippen LogP contribution in [0.1, 0.15) is 45.4 Å². The minimum Gasteiger partial charge on any atom is -0.325 e. The highest BCUT2D eigenvalue weighted by Crippen LogP contribution is 2.28. The third kappa shape index (κ3) is 2.23. The van der Waals surface area contributed by atoms with Crippen LogP contribution >= 0.6 is 0 Å². The standard InChI is InChI=1S/C11H22N2/c1-11(12)6-8-13(9-7-11)10-4-2-3-5-10/h10H,2-9,12H2,1H3. The second-order valence-electron chi connectivity index (χ2n) is 5.13. The number of nitrogens with zero attached hydrogens (tertiary/aromatic N) is 1. The van der Waals surface area contributed by atoms with Crippen LogP contribution < -0.4 is 5.73 Å². The van der Waals surface area contributed by atoms with Crippen molar-refractivity contribution in [2.45, 2.75) is 57.0 Å². The molecule has 2 rings (SSSR count). The number of hydrogen-bond acceptors (Lipinski definition) is 2. The van der Waals surface area contributed by atoms with Gasteiger partial charge in [0, 0.05) is 24.7 Å². The summed E-state index contributed by atoms with van der Waals surface area (Å²) in [5.74, 6) is 0. The van der Waals surface area contributed by atoms with Gasteiger partial charge in [-0.25, -0.2) is 0 Å². The highest BCUT2D eigenvalue weighted by molar-refractivity contribution is 4.89. The summed E-state index contributed by atoms with van der Waals surface area (Å²) in [5.41, 5.74) is 6.23. The molecule has 0 spiro atoms. The van der Waals surface area contributed by atoms with Crippen molar-refractivity contribution in [2.24, 2.45) is 5.73 Å². The van der Waals surface area contributed by atoms with E-state index >= 15 is 0 Å². The van der Waals surface area contributed by atoms with Crippen LogP contribution in [0.2, 0.25) is 0 Å². The van der Waals surface area contributed by atoms with E-state index in [1.807, 2.05) is 0 Å². The quantitative estimate of drug-likeness (QED) is 0.669. The van der Waals surface area contributed by atoms with Gasteiger partial charge in [-0.3, -0.25) is 0 Å². The van der Waals surface area contributed by atoms with E-state index in [4.69, 9.17) is 5.73 Å². The van der Waals surface area contributed by atoms with Gasteiger partial charge < -0.3 is 10.6 Å². The third-order valence-corrected chi connectivity index (χ3v) is 3.78. The molecule has 76 valence electrons. The first-order chi connectivity index (χ1) is 6.17. The highest BCUT2D eigenvalue weighted by atomic mass is 15.2. The van der Waals surface area contributed by atoms with Gasteiger partial charge in [-0.05, 0) is 32.6 Å². The Labute approximate surface area is 81.5 Å². The molecule has 0 aromatic carbocycles. The first kappa shape index (κ1) is 9.47. The largest absolute Gasteiger partial charge is 0.325 e. The lowest BCUT2D eigenvalue weighted by Crippen LogP contribution is -2.50. The minimum atomic E-state index is 0.120. The molecule has 0 unspecified atom stereocenters. The van der Waals surface area contributed by atoms with Gasteiger partial charge >= 0.3 is 0 Å². The molecule has 2 N–H and O–H groups in total. The summed E-state index contributed by atoms with van der Waals surface area (Å²) >= 11 is 0. The smallest absolute Gasteiger partial charge is 0.0150 e. The first-order valence-corrected chi connectivity index (χ1v) is 5.70. The zero-order valence-electron chi connectivity index (χ0n) is 8.76. The third-order valence-electron chi connectivity index (χ3n) is 3.78.